The third-order valence-corrected chi connectivity index (χ3v) is 8.52. The summed E-state index contributed by atoms with van der Waals surface area (Å²) >= 11 is 0. The Hall–Kier alpha value is -0.720. The van der Waals surface area contributed by atoms with Gasteiger partial charge in [-0.3, -0.25) is 0 Å². The zero-order chi connectivity index (χ0) is 30.9. The van der Waals surface area contributed by atoms with Gasteiger partial charge in [0.1, 0.15) is 48.8 Å². The van der Waals surface area contributed by atoms with E-state index in [1.165, 1.54) is 0 Å². The molecule has 3 aliphatic heterocycles. The first kappa shape index (κ1) is 34.2. The minimum atomic E-state index is -1.55. The van der Waals surface area contributed by atoms with Crippen LogP contribution >= 0.6 is 0 Å². The lowest BCUT2D eigenvalue weighted by Gasteiger charge is -2.46. The minimum Gasteiger partial charge on any atom is -0.395 e. The third-order valence-electron chi connectivity index (χ3n) is 8.52. The topological polar surface area (TPSA) is 333 Å². The highest BCUT2D eigenvalue weighted by Gasteiger charge is 2.53. The van der Waals surface area contributed by atoms with Crippen LogP contribution in [0.2, 0.25) is 0 Å². The molecule has 4 rings (SSSR count). The van der Waals surface area contributed by atoms with Crippen molar-refractivity contribution in [1.29, 1.82) is 0 Å². The molecule has 18 N–H and O–H groups in total. The maximum absolute atomic E-state index is 11.1. The largest absolute Gasteiger partial charge is 0.395 e. The molecule has 0 radical (unpaired) electrons. The third kappa shape index (κ3) is 7.06. The highest BCUT2D eigenvalue weighted by molar-refractivity contribution is 5.01. The van der Waals surface area contributed by atoms with E-state index < -0.39 is 117 Å². The first-order chi connectivity index (χ1) is 19.9. The van der Waals surface area contributed by atoms with E-state index in [1.807, 2.05) is 0 Å². The average Bonchev–Trinajstić information content (AvgIpc) is 3.27. The molecule has 0 unspecified atom stereocenters. The molecule has 18 atom stereocenters. The summed E-state index contributed by atoms with van der Waals surface area (Å²) in [4.78, 5) is 0. The Bertz CT molecular complexity index is 854. The molecule has 1 aliphatic carbocycles. The van der Waals surface area contributed by atoms with Crippen LogP contribution in [-0.4, -0.2) is 161 Å². The van der Waals surface area contributed by atoms with Crippen LogP contribution in [0.4, 0.5) is 0 Å². The van der Waals surface area contributed by atoms with Gasteiger partial charge in [0, 0.05) is 18.6 Å². The summed E-state index contributed by atoms with van der Waals surface area (Å²) in [5.74, 6) is 0. The summed E-state index contributed by atoms with van der Waals surface area (Å²) in [7, 11) is 0. The van der Waals surface area contributed by atoms with Crippen LogP contribution in [0.5, 0.6) is 0 Å². The zero-order valence-corrected chi connectivity index (χ0v) is 23.2. The molecule has 3 heterocycles. The summed E-state index contributed by atoms with van der Waals surface area (Å²) in [5, 5.41) is 62.0. The monoisotopic (exact) mass is 612 g/mol. The second kappa shape index (κ2) is 14.6. The highest BCUT2D eigenvalue weighted by atomic mass is 16.8. The number of ether oxygens (including phenoxy) is 6. The predicted molar refractivity (Wildman–Crippen MR) is 142 cm³/mol. The molecule has 42 heavy (non-hydrogen) atoms. The Morgan fingerprint density at radius 2 is 1.31 bits per heavy atom. The first-order valence-electron chi connectivity index (χ1n) is 14.3. The number of aliphatic hydroxyl groups is 6. The molecule has 0 spiro atoms. The minimum absolute atomic E-state index is 0.147. The van der Waals surface area contributed by atoms with Crippen LogP contribution in [-0.2, 0) is 28.4 Å². The highest BCUT2D eigenvalue weighted by Crippen LogP contribution is 2.34. The van der Waals surface area contributed by atoms with Crippen LogP contribution in [0.3, 0.4) is 0 Å². The smallest absolute Gasteiger partial charge is 0.187 e. The maximum atomic E-state index is 11.1. The van der Waals surface area contributed by atoms with Crippen molar-refractivity contribution in [3.63, 3.8) is 0 Å². The van der Waals surface area contributed by atoms with Crippen molar-refractivity contribution in [2.24, 2.45) is 34.4 Å². The lowest BCUT2D eigenvalue weighted by atomic mass is 9.84. The van der Waals surface area contributed by atoms with E-state index in [1.54, 1.807) is 0 Å². The van der Waals surface area contributed by atoms with Crippen molar-refractivity contribution >= 4 is 0 Å². The van der Waals surface area contributed by atoms with Crippen LogP contribution in [0, 0.1) is 0 Å². The molecule has 0 aromatic rings. The van der Waals surface area contributed by atoms with Gasteiger partial charge in [-0.25, -0.2) is 0 Å². The Kier molecular flexibility index (Phi) is 11.9. The van der Waals surface area contributed by atoms with Crippen molar-refractivity contribution in [3.8, 4) is 0 Å². The lowest BCUT2D eigenvalue weighted by molar-refractivity contribution is -0.290. The molecule has 0 aromatic carbocycles. The van der Waals surface area contributed by atoms with Gasteiger partial charge in [-0.05, 0) is 19.3 Å². The van der Waals surface area contributed by atoms with Gasteiger partial charge in [-0.15, -0.1) is 0 Å². The van der Waals surface area contributed by atoms with E-state index in [0.717, 1.165) is 0 Å². The van der Waals surface area contributed by atoms with E-state index in [4.69, 9.17) is 62.8 Å². The Balaban J connectivity index is 1.48. The standard InChI is InChI=1S/C24H48N6O12/c25-4-12-16(34)17(35)14(30)23(38-12)41-20-13(6-32)39-24(18(20)36)42-21-15(33)8(27)3-9(28)19(21)40-22-7(26)1-2-11(37-22)10(29)5-31/h7-24,31-36H,1-6,25-30H2/t7-,8-,9+,10-,11+,12+,13-,14-,15+,16-,17-,18-,19-,20-,21-,22-,23-,24+/m1/s1. The second-order valence-electron chi connectivity index (χ2n) is 11.5. The molecule has 0 amide bonds. The predicted octanol–water partition coefficient (Wildman–Crippen LogP) is -7.48. The molecule has 4 aliphatic rings. The fraction of sp³-hybridized carbons (Fsp3) is 1.00. The fourth-order valence-corrected chi connectivity index (χ4v) is 5.87. The van der Waals surface area contributed by atoms with Crippen molar-refractivity contribution in [3.05, 3.63) is 0 Å². The number of hydrogen-bond acceptors (Lipinski definition) is 18. The molecule has 0 bridgehead atoms. The van der Waals surface area contributed by atoms with E-state index in [-0.39, 0.29) is 19.6 Å². The van der Waals surface area contributed by atoms with Gasteiger partial charge in [-0.1, -0.05) is 0 Å². The Labute approximate surface area is 243 Å². The van der Waals surface area contributed by atoms with Crippen LogP contribution in [0.25, 0.3) is 0 Å². The van der Waals surface area contributed by atoms with Gasteiger partial charge in [0.2, 0.25) is 0 Å². The van der Waals surface area contributed by atoms with Crippen molar-refractivity contribution in [1.82, 2.24) is 0 Å². The van der Waals surface area contributed by atoms with Gasteiger partial charge in [-0.2, -0.15) is 0 Å². The van der Waals surface area contributed by atoms with Gasteiger partial charge >= 0.3 is 0 Å². The van der Waals surface area contributed by atoms with E-state index in [0.29, 0.717) is 12.8 Å². The molecule has 0 aromatic heterocycles. The Morgan fingerprint density at radius 1 is 0.667 bits per heavy atom. The van der Waals surface area contributed by atoms with Crippen LogP contribution in [0.15, 0.2) is 0 Å². The van der Waals surface area contributed by atoms with Gasteiger partial charge in [0.25, 0.3) is 0 Å². The molecule has 18 nitrogen and oxygen atoms in total. The molecular formula is C24H48N6O12. The van der Waals surface area contributed by atoms with Gasteiger partial charge in [0.15, 0.2) is 18.9 Å². The summed E-state index contributed by atoms with van der Waals surface area (Å²) in [6.45, 7) is -1.06. The van der Waals surface area contributed by atoms with Gasteiger partial charge < -0.3 is 93.5 Å². The van der Waals surface area contributed by atoms with E-state index in [9.17, 15) is 30.6 Å². The molecular weight excluding hydrogens is 564 g/mol. The number of rotatable bonds is 10. The van der Waals surface area contributed by atoms with Crippen LogP contribution < -0.4 is 34.4 Å². The first-order valence-corrected chi connectivity index (χ1v) is 14.3. The van der Waals surface area contributed by atoms with Gasteiger partial charge in [0.05, 0.1) is 43.5 Å². The van der Waals surface area contributed by atoms with E-state index >= 15 is 0 Å². The lowest BCUT2D eigenvalue weighted by Crippen LogP contribution is -2.65. The van der Waals surface area contributed by atoms with Crippen molar-refractivity contribution in [2.75, 3.05) is 19.8 Å². The second-order valence-corrected chi connectivity index (χ2v) is 11.5. The number of nitrogens with two attached hydrogens (primary N) is 6. The number of aliphatic hydroxyl groups excluding tert-OH is 6. The van der Waals surface area contributed by atoms with E-state index in [2.05, 4.69) is 0 Å². The normalized spacial score (nSPS) is 51.0. The molecule has 3 saturated heterocycles. The molecule has 246 valence electrons. The maximum Gasteiger partial charge on any atom is 0.187 e. The molecule has 4 fully saturated rings. The van der Waals surface area contributed by atoms with Crippen LogP contribution in [0.1, 0.15) is 19.3 Å². The summed E-state index contributed by atoms with van der Waals surface area (Å²) in [6.07, 6.45) is -14.5. The average molecular weight is 613 g/mol. The Morgan fingerprint density at radius 3 is 1.95 bits per heavy atom. The summed E-state index contributed by atoms with van der Waals surface area (Å²) in [5.41, 5.74) is 36.3. The molecule has 18 heteroatoms. The summed E-state index contributed by atoms with van der Waals surface area (Å²) in [6, 6.07) is -4.00. The molecule has 1 saturated carbocycles. The SMILES string of the molecule is NC[C@@H]1O[C@H](O[C@H]2[C@@H](O)[C@H](O[C@@H]3[C@@H](O)[C@H](N)C[C@H](N)[C@H]3O[C@H]3O[C@H]([C@H](N)CO)CC[C@H]3N)O[C@@H]2CO)[C@H](N)[C@@H](O)[C@@H]1O. The quantitative estimate of drug-likeness (QED) is 0.109. The fourth-order valence-electron chi connectivity index (χ4n) is 5.87. The summed E-state index contributed by atoms with van der Waals surface area (Å²) < 4.78 is 35.2. The number of hydrogen-bond donors (Lipinski definition) is 12. The van der Waals surface area contributed by atoms with Crippen molar-refractivity contribution in [2.45, 2.75) is 129 Å². The van der Waals surface area contributed by atoms with Crippen molar-refractivity contribution < 1.29 is 59.1 Å². The zero-order valence-electron chi connectivity index (χ0n) is 23.2.